The van der Waals surface area contributed by atoms with Gasteiger partial charge in [-0.3, -0.25) is 9.59 Å². The highest BCUT2D eigenvalue weighted by Gasteiger charge is 2.28. The third-order valence-electron chi connectivity index (χ3n) is 5.84. The lowest BCUT2D eigenvalue weighted by atomic mass is 9.94. The highest BCUT2D eigenvalue weighted by Crippen LogP contribution is 2.37. The molecule has 0 bridgehead atoms. The maximum Gasteiger partial charge on any atom is 0.305 e. The first-order chi connectivity index (χ1) is 13.5. The molecule has 1 aliphatic rings. The summed E-state index contributed by atoms with van der Waals surface area (Å²) in [4.78, 5) is 25.3. The molecule has 1 saturated carbocycles. The molecule has 1 fully saturated rings. The average Bonchev–Trinajstić information content (AvgIpc) is 2.91. The Balaban J connectivity index is 1.90. The first-order valence-electron chi connectivity index (χ1n) is 9.66. The number of hydrogen-bond acceptors (Lipinski definition) is 5. The first kappa shape index (κ1) is 19.0. The number of hydrogen-bond donors (Lipinski definition) is 0. The van der Waals surface area contributed by atoms with Gasteiger partial charge in [0, 0.05) is 17.8 Å². The molecule has 1 aromatic carbocycles. The quantitative estimate of drug-likeness (QED) is 0.465. The SMILES string of the molecule is COC(=O)CC1CCCCC(n2c(=O)c3c(C)onc3c3c(Cl)cccc32)C1. The number of methoxy groups -OCH3 is 1. The van der Waals surface area contributed by atoms with Crippen LogP contribution in [-0.2, 0) is 9.53 Å². The van der Waals surface area contributed by atoms with Crippen LogP contribution in [0, 0.1) is 12.8 Å². The monoisotopic (exact) mass is 402 g/mol. The molecule has 0 aliphatic heterocycles. The van der Waals surface area contributed by atoms with Gasteiger partial charge < -0.3 is 13.8 Å². The van der Waals surface area contributed by atoms with E-state index in [2.05, 4.69) is 5.16 Å². The molecule has 2 atom stereocenters. The number of aromatic nitrogens is 2. The molecule has 1 aliphatic carbocycles. The van der Waals surface area contributed by atoms with Crippen LogP contribution in [0.1, 0.15) is 50.3 Å². The summed E-state index contributed by atoms with van der Waals surface area (Å²) in [5.41, 5.74) is 1.17. The van der Waals surface area contributed by atoms with Gasteiger partial charge in [0.2, 0.25) is 0 Å². The molecule has 0 radical (unpaired) electrons. The average molecular weight is 403 g/mol. The summed E-state index contributed by atoms with van der Waals surface area (Å²) >= 11 is 6.50. The zero-order valence-electron chi connectivity index (χ0n) is 16.0. The summed E-state index contributed by atoms with van der Waals surface area (Å²) in [6.07, 6.45) is 5.04. The molecule has 0 saturated heterocycles. The molecular weight excluding hydrogens is 380 g/mol. The van der Waals surface area contributed by atoms with Crippen molar-refractivity contribution in [2.45, 2.75) is 51.5 Å². The van der Waals surface area contributed by atoms with E-state index in [-0.39, 0.29) is 23.5 Å². The third-order valence-corrected chi connectivity index (χ3v) is 6.15. The molecule has 7 heteroatoms. The second-order valence-electron chi connectivity index (χ2n) is 7.59. The predicted molar refractivity (Wildman–Crippen MR) is 108 cm³/mol. The second-order valence-corrected chi connectivity index (χ2v) is 8.00. The van der Waals surface area contributed by atoms with Crippen LogP contribution >= 0.6 is 11.6 Å². The molecule has 148 valence electrons. The van der Waals surface area contributed by atoms with Gasteiger partial charge in [-0.1, -0.05) is 35.7 Å². The summed E-state index contributed by atoms with van der Waals surface area (Å²) in [5.74, 6) is 0.492. The molecule has 2 aromatic heterocycles. The topological polar surface area (TPSA) is 74.3 Å². The Kier molecular flexibility index (Phi) is 5.15. The molecule has 4 rings (SSSR count). The van der Waals surface area contributed by atoms with E-state index < -0.39 is 0 Å². The van der Waals surface area contributed by atoms with Crippen LogP contribution in [0.25, 0.3) is 21.8 Å². The number of pyridine rings is 1. The predicted octanol–water partition coefficient (Wildman–Crippen LogP) is 4.79. The van der Waals surface area contributed by atoms with Gasteiger partial charge in [-0.05, 0) is 44.2 Å². The van der Waals surface area contributed by atoms with Crippen molar-refractivity contribution in [3.63, 3.8) is 0 Å². The van der Waals surface area contributed by atoms with Gasteiger partial charge in [0.15, 0.2) is 0 Å². The Morgan fingerprint density at radius 2 is 2.11 bits per heavy atom. The fraction of sp³-hybridized carbons (Fsp3) is 0.476. The van der Waals surface area contributed by atoms with Crippen LogP contribution in [0.4, 0.5) is 0 Å². The highest BCUT2D eigenvalue weighted by atomic mass is 35.5. The number of fused-ring (bicyclic) bond motifs is 3. The highest BCUT2D eigenvalue weighted by molar-refractivity contribution is 6.37. The molecule has 2 unspecified atom stereocenters. The summed E-state index contributed by atoms with van der Waals surface area (Å²) in [6.45, 7) is 1.75. The van der Waals surface area contributed by atoms with Crippen LogP contribution in [0.3, 0.4) is 0 Å². The van der Waals surface area contributed by atoms with Gasteiger partial charge in [-0.25, -0.2) is 0 Å². The van der Waals surface area contributed by atoms with Gasteiger partial charge in [0.05, 0.1) is 17.6 Å². The lowest BCUT2D eigenvalue weighted by Gasteiger charge is -2.24. The Morgan fingerprint density at radius 1 is 1.32 bits per heavy atom. The Morgan fingerprint density at radius 3 is 2.89 bits per heavy atom. The van der Waals surface area contributed by atoms with Crippen molar-refractivity contribution < 1.29 is 14.1 Å². The van der Waals surface area contributed by atoms with Crippen LogP contribution in [0.2, 0.25) is 5.02 Å². The molecule has 28 heavy (non-hydrogen) atoms. The number of nitrogens with zero attached hydrogens (tertiary/aromatic N) is 2. The minimum atomic E-state index is -0.198. The molecule has 0 N–H and O–H groups in total. The van der Waals surface area contributed by atoms with Crippen molar-refractivity contribution in [2.24, 2.45) is 5.92 Å². The number of benzene rings is 1. The Hall–Kier alpha value is -2.34. The van der Waals surface area contributed by atoms with E-state index in [0.29, 0.717) is 28.1 Å². The largest absolute Gasteiger partial charge is 0.469 e. The van der Waals surface area contributed by atoms with Crippen molar-refractivity contribution in [3.8, 4) is 0 Å². The van der Waals surface area contributed by atoms with E-state index in [4.69, 9.17) is 20.9 Å². The first-order valence-corrected chi connectivity index (χ1v) is 10.0. The summed E-state index contributed by atoms with van der Waals surface area (Å²) in [7, 11) is 1.42. The molecule has 6 nitrogen and oxygen atoms in total. The zero-order chi connectivity index (χ0) is 19.8. The normalized spacial score (nSPS) is 20.4. The van der Waals surface area contributed by atoms with E-state index in [1.54, 1.807) is 13.0 Å². The Labute approximate surface area is 167 Å². The number of aryl methyl sites for hydroxylation is 1. The fourth-order valence-corrected chi connectivity index (χ4v) is 4.77. The van der Waals surface area contributed by atoms with E-state index in [9.17, 15) is 9.59 Å². The summed E-state index contributed by atoms with van der Waals surface area (Å²) in [5, 5.41) is 5.87. The van der Waals surface area contributed by atoms with E-state index in [1.807, 2.05) is 16.7 Å². The second kappa shape index (κ2) is 7.59. The summed E-state index contributed by atoms with van der Waals surface area (Å²) < 4.78 is 12.0. The maximum atomic E-state index is 13.5. The van der Waals surface area contributed by atoms with Gasteiger partial charge in [-0.2, -0.15) is 0 Å². The van der Waals surface area contributed by atoms with Crippen LogP contribution in [0.5, 0.6) is 0 Å². The molecule has 3 aromatic rings. The van der Waals surface area contributed by atoms with Crippen molar-refractivity contribution >= 4 is 39.4 Å². The minimum Gasteiger partial charge on any atom is -0.469 e. The van der Waals surface area contributed by atoms with Gasteiger partial charge in [-0.15, -0.1) is 0 Å². The van der Waals surface area contributed by atoms with Gasteiger partial charge >= 0.3 is 5.97 Å². The minimum absolute atomic E-state index is 0.00989. The van der Waals surface area contributed by atoms with Crippen molar-refractivity contribution in [3.05, 3.63) is 39.3 Å². The molecular formula is C21H23ClN2O4. The number of carbonyl (C=O) groups is 1. The number of esters is 1. The third kappa shape index (κ3) is 3.20. The smallest absolute Gasteiger partial charge is 0.305 e. The van der Waals surface area contributed by atoms with Gasteiger partial charge in [0.25, 0.3) is 5.56 Å². The van der Waals surface area contributed by atoms with Crippen molar-refractivity contribution in [1.82, 2.24) is 9.72 Å². The van der Waals surface area contributed by atoms with Crippen LogP contribution in [0.15, 0.2) is 27.5 Å². The Bertz CT molecular complexity index is 1100. The number of halogens is 1. The van der Waals surface area contributed by atoms with Crippen LogP contribution < -0.4 is 5.56 Å². The lowest BCUT2D eigenvalue weighted by molar-refractivity contribution is -0.141. The zero-order valence-corrected chi connectivity index (χ0v) is 16.8. The van der Waals surface area contributed by atoms with E-state index in [0.717, 1.165) is 43.0 Å². The molecule has 0 amide bonds. The maximum absolute atomic E-state index is 13.5. The van der Waals surface area contributed by atoms with E-state index >= 15 is 0 Å². The van der Waals surface area contributed by atoms with E-state index in [1.165, 1.54) is 7.11 Å². The molecule has 0 spiro atoms. The van der Waals surface area contributed by atoms with Crippen LogP contribution in [-0.4, -0.2) is 22.8 Å². The van der Waals surface area contributed by atoms with Crippen molar-refractivity contribution in [1.29, 1.82) is 0 Å². The number of ether oxygens (including phenoxy) is 1. The molecule has 2 heterocycles. The van der Waals surface area contributed by atoms with Crippen molar-refractivity contribution in [2.75, 3.05) is 7.11 Å². The van der Waals surface area contributed by atoms with Gasteiger partial charge in [0.1, 0.15) is 16.7 Å². The standard InChI is InChI=1S/C21H23ClN2O4/c1-12-18-20(23-28-12)19-15(22)8-5-9-16(19)24(21(18)26)14-7-4-3-6-13(10-14)11-17(25)27-2/h5,8-9,13-14H,3-4,6-7,10-11H2,1-2H3. The fourth-order valence-electron chi connectivity index (χ4n) is 4.51. The lowest BCUT2D eigenvalue weighted by Crippen LogP contribution is -2.27. The number of rotatable bonds is 3. The number of carbonyl (C=O) groups excluding carboxylic acids is 1. The summed E-state index contributed by atoms with van der Waals surface area (Å²) in [6, 6.07) is 5.55.